The standard InChI is InChI=1S/C8H10ClNO/c1-5-2-6(10)3-8(9)7(5)4-11/h2-3,11H,4,10H2,1H3. The SMILES string of the molecule is Cc1cc(N)cc(Cl)c1CO. The molecule has 0 heterocycles. The van der Waals surface area contributed by atoms with E-state index in [2.05, 4.69) is 0 Å². The minimum absolute atomic E-state index is 0.0368. The van der Waals surface area contributed by atoms with Crippen molar-refractivity contribution in [1.29, 1.82) is 0 Å². The van der Waals surface area contributed by atoms with E-state index in [0.29, 0.717) is 10.7 Å². The van der Waals surface area contributed by atoms with Crippen molar-refractivity contribution in [1.82, 2.24) is 0 Å². The molecule has 60 valence electrons. The van der Waals surface area contributed by atoms with Crippen LogP contribution in [0.4, 0.5) is 5.69 Å². The van der Waals surface area contributed by atoms with Crippen LogP contribution in [0, 0.1) is 6.92 Å². The van der Waals surface area contributed by atoms with Crippen LogP contribution in [0.25, 0.3) is 0 Å². The number of nitrogens with two attached hydrogens (primary N) is 1. The summed E-state index contributed by atoms with van der Waals surface area (Å²) < 4.78 is 0. The number of aliphatic hydroxyl groups excluding tert-OH is 1. The summed E-state index contributed by atoms with van der Waals surface area (Å²) in [5.41, 5.74) is 7.83. The molecule has 0 aliphatic rings. The largest absolute Gasteiger partial charge is 0.399 e. The Labute approximate surface area is 70.6 Å². The lowest BCUT2D eigenvalue weighted by Crippen LogP contribution is -1.93. The highest BCUT2D eigenvalue weighted by atomic mass is 35.5. The van der Waals surface area contributed by atoms with Gasteiger partial charge in [-0.25, -0.2) is 0 Å². The van der Waals surface area contributed by atoms with Crippen LogP contribution in [-0.4, -0.2) is 5.11 Å². The Morgan fingerprint density at radius 1 is 1.55 bits per heavy atom. The van der Waals surface area contributed by atoms with Gasteiger partial charge in [-0.15, -0.1) is 0 Å². The number of rotatable bonds is 1. The van der Waals surface area contributed by atoms with Gasteiger partial charge in [0.05, 0.1) is 6.61 Å². The molecular formula is C8H10ClNO. The molecule has 2 nitrogen and oxygen atoms in total. The van der Waals surface area contributed by atoms with Crippen LogP contribution >= 0.6 is 11.6 Å². The maximum absolute atomic E-state index is 8.86. The first kappa shape index (κ1) is 8.37. The van der Waals surface area contributed by atoms with E-state index in [4.69, 9.17) is 22.4 Å². The van der Waals surface area contributed by atoms with Crippen LogP contribution in [0.2, 0.25) is 5.02 Å². The lowest BCUT2D eigenvalue weighted by molar-refractivity contribution is 0.281. The van der Waals surface area contributed by atoms with Crippen molar-refractivity contribution >= 4 is 17.3 Å². The summed E-state index contributed by atoms with van der Waals surface area (Å²) in [6.45, 7) is 1.83. The van der Waals surface area contributed by atoms with E-state index in [-0.39, 0.29) is 6.61 Å². The molecule has 0 radical (unpaired) electrons. The van der Waals surface area contributed by atoms with E-state index in [1.54, 1.807) is 12.1 Å². The van der Waals surface area contributed by atoms with Gasteiger partial charge in [0.1, 0.15) is 0 Å². The molecule has 3 heteroatoms. The molecule has 0 aromatic heterocycles. The fourth-order valence-corrected chi connectivity index (χ4v) is 1.34. The number of nitrogen functional groups attached to an aromatic ring is 1. The highest BCUT2D eigenvalue weighted by Crippen LogP contribution is 2.22. The maximum Gasteiger partial charge on any atom is 0.0699 e. The topological polar surface area (TPSA) is 46.2 Å². The molecule has 0 aliphatic heterocycles. The molecule has 1 aromatic rings. The molecule has 11 heavy (non-hydrogen) atoms. The van der Waals surface area contributed by atoms with E-state index in [9.17, 15) is 0 Å². The Morgan fingerprint density at radius 3 is 2.64 bits per heavy atom. The van der Waals surface area contributed by atoms with Crippen LogP contribution in [0.5, 0.6) is 0 Å². The fourth-order valence-electron chi connectivity index (χ4n) is 1.00. The third-order valence-electron chi connectivity index (χ3n) is 1.60. The summed E-state index contributed by atoms with van der Waals surface area (Å²) in [6, 6.07) is 3.43. The molecule has 0 unspecified atom stereocenters. The normalized spacial score (nSPS) is 10.1. The Balaban J connectivity index is 3.25. The van der Waals surface area contributed by atoms with Gasteiger partial charge >= 0.3 is 0 Å². The second kappa shape index (κ2) is 3.11. The van der Waals surface area contributed by atoms with Gasteiger partial charge < -0.3 is 10.8 Å². The Kier molecular flexibility index (Phi) is 2.37. The Morgan fingerprint density at radius 2 is 2.18 bits per heavy atom. The molecule has 0 fully saturated rings. The summed E-state index contributed by atoms with van der Waals surface area (Å²) >= 11 is 5.79. The number of hydrogen-bond donors (Lipinski definition) is 2. The van der Waals surface area contributed by atoms with E-state index in [0.717, 1.165) is 11.1 Å². The highest BCUT2D eigenvalue weighted by Gasteiger charge is 2.02. The van der Waals surface area contributed by atoms with Crippen molar-refractivity contribution in [2.24, 2.45) is 0 Å². The van der Waals surface area contributed by atoms with Crippen LogP contribution < -0.4 is 5.73 Å². The summed E-state index contributed by atoms with van der Waals surface area (Å²) in [5.74, 6) is 0. The van der Waals surface area contributed by atoms with Gasteiger partial charge in [-0.1, -0.05) is 11.6 Å². The second-order valence-electron chi connectivity index (χ2n) is 2.46. The number of halogens is 1. The molecular weight excluding hydrogens is 162 g/mol. The number of aryl methyl sites for hydroxylation is 1. The molecule has 0 spiro atoms. The average Bonchev–Trinajstić information content (AvgIpc) is 1.85. The minimum atomic E-state index is -0.0368. The molecule has 0 atom stereocenters. The predicted octanol–water partition coefficient (Wildman–Crippen LogP) is 1.72. The van der Waals surface area contributed by atoms with Gasteiger partial charge in [-0.3, -0.25) is 0 Å². The molecule has 1 aromatic carbocycles. The van der Waals surface area contributed by atoms with E-state index >= 15 is 0 Å². The first-order valence-corrected chi connectivity index (χ1v) is 3.68. The number of anilines is 1. The number of hydrogen-bond acceptors (Lipinski definition) is 2. The summed E-state index contributed by atoms with van der Waals surface area (Å²) in [7, 11) is 0. The van der Waals surface area contributed by atoms with Crippen molar-refractivity contribution in [3.63, 3.8) is 0 Å². The molecule has 0 saturated heterocycles. The van der Waals surface area contributed by atoms with Gasteiger partial charge in [-0.2, -0.15) is 0 Å². The maximum atomic E-state index is 8.86. The van der Waals surface area contributed by atoms with Crippen LogP contribution in [0.15, 0.2) is 12.1 Å². The van der Waals surface area contributed by atoms with Gasteiger partial charge in [0.15, 0.2) is 0 Å². The molecule has 0 bridgehead atoms. The van der Waals surface area contributed by atoms with Gasteiger partial charge in [-0.05, 0) is 30.2 Å². The first-order valence-electron chi connectivity index (χ1n) is 3.30. The summed E-state index contributed by atoms with van der Waals surface area (Å²) in [4.78, 5) is 0. The van der Waals surface area contributed by atoms with Gasteiger partial charge in [0, 0.05) is 10.7 Å². The van der Waals surface area contributed by atoms with Gasteiger partial charge in [0.2, 0.25) is 0 Å². The number of benzene rings is 1. The van der Waals surface area contributed by atoms with Crippen molar-refractivity contribution in [2.75, 3.05) is 5.73 Å². The van der Waals surface area contributed by atoms with E-state index in [1.807, 2.05) is 6.92 Å². The van der Waals surface area contributed by atoms with Crippen LogP contribution in [0.1, 0.15) is 11.1 Å². The molecule has 3 N–H and O–H groups in total. The smallest absolute Gasteiger partial charge is 0.0699 e. The third-order valence-corrected chi connectivity index (χ3v) is 1.94. The Hall–Kier alpha value is -0.730. The van der Waals surface area contributed by atoms with E-state index in [1.165, 1.54) is 0 Å². The lowest BCUT2D eigenvalue weighted by atomic mass is 10.1. The van der Waals surface area contributed by atoms with Crippen LogP contribution in [-0.2, 0) is 6.61 Å². The quantitative estimate of drug-likeness (QED) is 0.633. The molecule has 1 rings (SSSR count). The Bertz CT molecular complexity index is 250. The zero-order valence-corrected chi connectivity index (χ0v) is 7.02. The predicted molar refractivity (Wildman–Crippen MR) is 46.5 cm³/mol. The zero-order valence-electron chi connectivity index (χ0n) is 6.26. The van der Waals surface area contributed by atoms with Crippen LogP contribution in [0.3, 0.4) is 0 Å². The number of aliphatic hydroxyl groups is 1. The molecule has 0 aliphatic carbocycles. The third kappa shape index (κ3) is 1.64. The van der Waals surface area contributed by atoms with Gasteiger partial charge in [0.25, 0.3) is 0 Å². The van der Waals surface area contributed by atoms with Crippen molar-refractivity contribution in [3.8, 4) is 0 Å². The summed E-state index contributed by atoms with van der Waals surface area (Å²) in [5, 5.41) is 9.40. The van der Waals surface area contributed by atoms with Crippen molar-refractivity contribution in [3.05, 3.63) is 28.3 Å². The summed E-state index contributed by atoms with van der Waals surface area (Å²) in [6.07, 6.45) is 0. The first-order chi connectivity index (χ1) is 5.15. The monoisotopic (exact) mass is 171 g/mol. The lowest BCUT2D eigenvalue weighted by Gasteiger charge is -2.05. The molecule has 0 amide bonds. The zero-order chi connectivity index (χ0) is 8.43. The van der Waals surface area contributed by atoms with Crippen molar-refractivity contribution in [2.45, 2.75) is 13.5 Å². The van der Waals surface area contributed by atoms with E-state index < -0.39 is 0 Å². The highest BCUT2D eigenvalue weighted by molar-refractivity contribution is 6.31. The molecule has 0 saturated carbocycles. The fraction of sp³-hybridized carbons (Fsp3) is 0.250. The average molecular weight is 172 g/mol. The second-order valence-corrected chi connectivity index (χ2v) is 2.86. The minimum Gasteiger partial charge on any atom is -0.399 e. The van der Waals surface area contributed by atoms with Crippen molar-refractivity contribution < 1.29 is 5.11 Å².